The first-order valence-corrected chi connectivity index (χ1v) is 8.06. The van der Waals surface area contributed by atoms with Gasteiger partial charge in [-0.1, -0.05) is 30.3 Å². The van der Waals surface area contributed by atoms with Crippen molar-refractivity contribution in [2.75, 3.05) is 27.9 Å². The summed E-state index contributed by atoms with van der Waals surface area (Å²) in [6.45, 7) is -0.158. The first kappa shape index (κ1) is 22.1. The van der Waals surface area contributed by atoms with Crippen LogP contribution >= 0.6 is 0 Å². The predicted molar refractivity (Wildman–Crippen MR) is 92.2 cm³/mol. The minimum atomic E-state index is -1.42. The molecular formula is C18H23NO8. The molecule has 1 rings (SSSR count). The molecule has 2 atom stereocenters. The van der Waals surface area contributed by atoms with Crippen molar-refractivity contribution in [1.29, 1.82) is 0 Å². The fraction of sp³-hybridized carbons (Fsp3) is 0.444. The summed E-state index contributed by atoms with van der Waals surface area (Å²) in [5.41, 5.74) is 0.868. The number of nitrogens with one attached hydrogen (secondary N) is 1. The smallest absolute Gasteiger partial charge is 0.329 e. The van der Waals surface area contributed by atoms with Gasteiger partial charge in [0.25, 0.3) is 0 Å². The quantitative estimate of drug-likeness (QED) is 0.452. The van der Waals surface area contributed by atoms with E-state index in [1.807, 2.05) is 30.3 Å². The fourth-order valence-corrected chi connectivity index (χ4v) is 2.25. The van der Waals surface area contributed by atoms with E-state index in [4.69, 9.17) is 4.74 Å². The molecule has 1 aromatic rings. The van der Waals surface area contributed by atoms with Crippen LogP contribution in [0.1, 0.15) is 12.0 Å². The first-order chi connectivity index (χ1) is 12.9. The fourth-order valence-electron chi connectivity index (χ4n) is 2.25. The number of hydrogen-bond acceptors (Lipinski definition) is 8. The maximum Gasteiger partial charge on any atom is 0.329 e. The molecular weight excluding hydrogens is 358 g/mol. The van der Waals surface area contributed by atoms with Crippen molar-refractivity contribution in [3.8, 4) is 0 Å². The lowest BCUT2D eigenvalue weighted by Gasteiger charge is -2.23. The topological polar surface area (TPSA) is 117 Å². The Balaban J connectivity index is 2.75. The highest BCUT2D eigenvalue weighted by molar-refractivity contribution is 5.91. The van der Waals surface area contributed by atoms with Crippen LogP contribution in [0.5, 0.6) is 0 Å². The van der Waals surface area contributed by atoms with E-state index >= 15 is 0 Å². The zero-order valence-electron chi connectivity index (χ0n) is 15.4. The van der Waals surface area contributed by atoms with Crippen LogP contribution in [0.3, 0.4) is 0 Å². The summed E-state index contributed by atoms with van der Waals surface area (Å²) in [5.74, 6) is -4.45. The van der Waals surface area contributed by atoms with Gasteiger partial charge in [0.2, 0.25) is 5.91 Å². The van der Waals surface area contributed by atoms with Gasteiger partial charge < -0.3 is 24.3 Å². The molecule has 1 aromatic carbocycles. The van der Waals surface area contributed by atoms with E-state index in [-0.39, 0.29) is 13.2 Å². The number of methoxy groups -OCH3 is 3. The summed E-state index contributed by atoms with van der Waals surface area (Å²) in [6, 6.07) is 7.76. The Bertz CT molecular complexity index is 646. The molecule has 0 aliphatic carbocycles. The molecule has 0 aliphatic heterocycles. The zero-order valence-corrected chi connectivity index (χ0v) is 15.4. The Kier molecular flexibility index (Phi) is 9.52. The minimum Gasteiger partial charge on any atom is -0.469 e. The maximum absolute atomic E-state index is 12.1. The lowest BCUT2D eigenvalue weighted by atomic mass is 9.96. The van der Waals surface area contributed by atoms with Crippen molar-refractivity contribution >= 4 is 23.8 Å². The van der Waals surface area contributed by atoms with Crippen molar-refractivity contribution in [3.63, 3.8) is 0 Å². The third kappa shape index (κ3) is 7.45. The average Bonchev–Trinajstić information content (AvgIpc) is 2.69. The van der Waals surface area contributed by atoms with Gasteiger partial charge in [-0.2, -0.15) is 0 Å². The molecule has 0 fully saturated rings. The maximum atomic E-state index is 12.1. The molecule has 9 heteroatoms. The van der Waals surface area contributed by atoms with Gasteiger partial charge in [0.15, 0.2) is 0 Å². The first-order valence-electron chi connectivity index (χ1n) is 8.06. The highest BCUT2D eigenvalue weighted by atomic mass is 16.5. The summed E-state index contributed by atoms with van der Waals surface area (Å²) in [5, 5.41) is 2.35. The number of hydrogen-bond donors (Lipinski definition) is 1. The number of benzene rings is 1. The molecule has 0 saturated carbocycles. The highest BCUT2D eigenvalue weighted by Gasteiger charge is 2.38. The molecule has 1 N–H and O–H groups in total. The Morgan fingerprint density at radius 3 is 2.11 bits per heavy atom. The van der Waals surface area contributed by atoms with Crippen molar-refractivity contribution in [2.24, 2.45) is 5.92 Å². The van der Waals surface area contributed by atoms with E-state index in [9.17, 15) is 19.2 Å². The molecule has 0 unspecified atom stereocenters. The lowest BCUT2D eigenvalue weighted by Crippen LogP contribution is -2.51. The van der Waals surface area contributed by atoms with E-state index < -0.39 is 42.2 Å². The lowest BCUT2D eigenvalue weighted by molar-refractivity contribution is -0.159. The Morgan fingerprint density at radius 2 is 1.56 bits per heavy atom. The summed E-state index contributed by atoms with van der Waals surface area (Å²) < 4.78 is 19.1. The van der Waals surface area contributed by atoms with Crippen LogP contribution < -0.4 is 5.32 Å². The molecule has 148 valence electrons. The summed E-state index contributed by atoms with van der Waals surface area (Å²) in [4.78, 5) is 47.7. The number of rotatable bonds is 10. The van der Waals surface area contributed by atoms with Gasteiger partial charge in [0, 0.05) is 0 Å². The Hall–Kier alpha value is -2.94. The van der Waals surface area contributed by atoms with Crippen LogP contribution in [0.2, 0.25) is 0 Å². The summed E-state index contributed by atoms with van der Waals surface area (Å²) >= 11 is 0. The number of carbonyl (C=O) groups is 4. The van der Waals surface area contributed by atoms with Gasteiger partial charge in [0.1, 0.15) is 12.6 Å². The van der Waals surface area contributed by atoms with Gasteiger partial charge >= 0.3 is 17.9 Å². The molecule has 0 radical (unpaired) electrons. The van der Waals surface area contributed by atoms with Crippen LogP contribution in [-0.2, 0) is 44.7 Å². The van der Waals surface area contributed by atoms with Gasteiger partial charge in [-0.15, -0.1) is 0 Å². The van der Waals surface area contributed by atoms with Crippen LogP contribution in [0.4, 0.5) is 0 Å². The largest absolute Gasteiger partial charge is 0.469 e. The van der Waals surface area contributed by atoms with E-state index in [0.717, 1.165) is 26.9 Å². The third-order valence-corrected chi connectivity index (χ3v) is 3.64. The minimum absolute atomic E-state index is 0.194. The second-order valence-electron chi connectivity index (χ2n) is 5.46. The standard InChI is InChI=1S/C18H23NO8/c1-24-15(21)9-13(17(22)25-2)16(18(23)26-3)19-14(20)11-27-10-12-7-5-4-6-8-12/h4-8,13,16H,9-11H2,1-3H3,(H,19,20)/t13-,16-/m0/s1. The average molecular weight is 381 g/mol. The zero-order chi connectivity index (χ0) is 20.2. The van der Waals surface area contributed by atoms with Crippen LogP contribution in [0.25, 0.3) is 0 Å². The molecule has 1 amide bonds. The predicted octanol–water partition coefficient (Wildman–Crippen LogP) is 0.213. The molecule has 0 saturated heterocycles. The van der Waals surface area contributed by atoms with E-state index in [0.29, 0.717) is 0 Å². The molecule has 9 nitrogen and oxygen atoms in total. The van der Waals surface area contributed by atoms with Crippen LogP contribution in [0.15, 0.2) is 30.3 Å². The molecule has 0 spiro atoms. The normalized spacial score (nSPS) is 12.4. The Labute approximate surface area is 156 Å². The van der Waals surface area contributed by atoms with E-state index in [2.05, 4.69) is 19.5 Å². The van der Waals surface area contributed by atoms with Gasteiger partial charge in [0.05, 0.1) is 40.3 Å². The Morgan fingerprint density at radius 1 is 0.926 bits per heavy atom. The number of esters is 3. The summed E-state index contributed by atoms with van der Waals surface area (Å²) in [6.07, 6.45) is -0.464. The van der Waals surface area contributed by atoms with E-state index in [1.165, 1.54) is 0 Å². The van der Waals surface area contributed by atoms with E-state index in [1.54, 1.807) is 0 Å². The van der Waals surface area contributed by atoms with Gasteiger partial charge in [-0.3, -0.25) is 14.4 Å². The summed E-state index contributed by atoms with van der Waals surface area (Å²) in [7, 11) is 3.34. The van der Waals surface area contributed by atoms with Gasteiger partial charge in [-0.05, 0) is 5.56 Å². The van der Waals surface area contributed by atoms with Crippen molar-refractivity contribution in [1.82, 2.24) is 5.32 Å². The number of amides is 1. The van der Waals surface area contributed by atoms with Crippen molar-refractivity contribution in [2.45, 2.75) is 19.1 Å². The van der Waals surface area contributed by atoms with Gasteiger partial charge in [-0.25, -0.2) is 4.79 Å². The van der Waals surface area contributed by atoms with Crippen LogP contribution in [-0.4, -0.2) is 57.8 Å². The molecule has 27 heavy (non-hydrogen) atoms. The SMILES string of the molecule is COC(=O)C[C@H](C(=O)OC)[C@H](NC(=O)COCc1ccccc1)C(=O)OC. The van der Waals surface area contributed by atoms with Crippen LogP contribution in [0, 0.1) is 5.92 Å². The molecule has 0 aliphatic rings. The monoisotopic (exact) mass is 381 g/mol. The number of ether oxygens (including phenoxy) is 4. The van der Waals surface area contributed by atoms with Crippen molar-refractivity contribution < 1.29 is 38.1 Å². The third-order valence-electron chi connectivity index (χ3n) is 3.64. The second-order valence-corrected chi connectivity index (χ2v) is 5.46. The highest BCUT2D eigenvalue weighted by Crippen LogP contribution is 2.14. The molecule has 0 heterocycles. The molecule has 0 aromatic heterocycles. The van der Waals surface area contributed by atoms with Crippen molar-refractivity contribution in [3.05, 3.63) is 35.9 Å². The second kappa shape index (κ2) is 11.6. The molecule has 0 bridgehead atoms. The number of carbonyl (C=O) groups excluding carboxylic acids is 4.